The third-order valence-electron chi connectivity index (χ3n) is 5.45. The zero-order valence-electron chi connectivity index (χ0n) is 19.1. The first-order chi connectivity index (χ1) is 17.2. The van der Waals surface area contributed by atoms with Crippen LogP contribution in [-0.4, -0.2) is 23.0 Å². The van der Waals surface area contributed by atoms with E-state index in [0.29, 0.717) is 23.7 Å². The molecule has 0 bridgehead atoms. The van der Waals surface area contributed by atoms with Crippen LogP contribution in [0.2, 0.25) is 0 Å². The molecule has 1 N–H and O–H groups in total. The number of methoxy groups -OCH3 is 1. The Morgan fingerprint density at radius 3 is 2.57 bits per heavy atom. The Balaban J connectivity index is 1.24. The van der Waals surface area contributed by atoms with Crippen molar-refractivity contribution in [3.05, 3.63) is 113 Å². The number of nitrogens with zero attached hydrogens (tertiary/aromatic N) is 2. The fraction of sp³-hybridized carbons (Fsp3) is 0.107. The summed E-state index contributed by atoms with van der Waals surface area (Å²) in [5.41, 5.74) is 4.29. The highest BCUT2D eigenvalue weighted by Gasteiger charge is 2.12. The molecule has 0 unspecified atom stereocenters. The Morgan fingerprint density at radius 2 is 1.80 bits per heavy atom. The highest BCUT2D eigenvalue weighted by Crippen LogP contribution is 2.29. The van der Waals surface area contributed by atoms with Gasteiger partial charge >= 0.3 is 0 Å². The summed E-state index contributed by atoms with van der Waals surface area (Å²) < 4.78 is 12.5. The number of anilines is 1. The van der Waals surface area contributed by atoms with Crippen molar-refractivity contribution in [3.8, 4) is 11.5 Å². The number of aromatic nitrogens is 2. The third-order valence-corrected chi connectivity index (χ3v) is 6.48. The summed E-state index contributed by atoms with van der Waals surface area (Å²) in [5, 5.41) is 4.02. The lowest BCUT2D eigenvalue weighted by Crippen LogP contribution is -2.12. The molecule has 2 heterocycles. The van der Waals surface area contributed by atoms with Crippen molar-refractivity contribution in [2.24, 2.45) is 0 Å². The van der Waals surface area contributed by atoms with Crippen LogP contribution in [0.5, 0.6) is 11.5 Å². The maximum Gasteiger partial charge on any atom is 0.255 e. The van der Waals surface area contributed by atoms with Gasteiger partial charge in [0.15, 0.2) is 11.5 Å². The number of rotatable bonds is 8. The van der Waals surface area contributed by atoms with Gasteiger partial charge in [-0.25, -0.2) is 4.98 Å². The van der Waals surface area contributed by atoms with Crippen LogP contribution in [0.15, 0.2) is 91.3 Å². The SMILES string of the molecule is COc1ccc(C(=O)Nc2ccc(Cc3nc4ccccc4s3)cc2)cc1OCc1cccnc1. The van der Waals surface area contributed by atoms with E-state index >= 15 is 0 Å². The van der Waals surface area contributed by atoms with Crippen molar-refractivity contribution in [1.29, 1.82) is 0 Å². The molecule has 174 valence electrons. The second-order valence-corrected chi connectivity index (χ2v) is 9.03. The fourth-order valence-corrected chi connectivity index (χ4v) is 4.66. The lowest BCUT2D eigenvalue weighted by Gasteiger charge is -2.13. The van der Waals surface area contributed by atoms with Gasteiger partial charge in [-0.15, -0.1) is 11.3 Å². The molecular weight excluding hydrogens is 458 g/mol. The van der Waals surface area contributed by atoms with E-state index in [1.54, 1.807) is 49.0 Å². The molecule has 2 aromatic heterocycles. The minimum absolute atomic E-state index is 0.224. The van der Waals surface area contributed by atoms with Crippen molar-refractivity contribution >= 4 is 33.1 Å². The number of carbonyl (C=O) groups excluding carboxylic acids is 1. The van der Waals surface area contributed by atoms with Gasteiger partial charge in [0, 0.05) is 35.6 Å². The van der Waals surface area contributed by atoms with E-state index in [9.17, 15) is 4.79 Å². The van der Waals surface area contributed by atoms with E-state index in [0.717, 1.165) is 33.8 Å². The number of nitrogens with one attached hydrogen (secondary N) is 1. The molecule has 0 spiro atoms. The molecule has 6 nitrogen and oxygen atoms in total. The topological polar surface area (TPSA) is 73.3 Å². The van der Waals surface area contributed by atoms with Crippen molar-refractivity contribution in [3.63, 3.8) is 0 Å². The van der Waals surface area contributed by atoms with Gasteiger partial charge < -0.3 is 14.8 Å². The zero-order chi connectivity index (χ0) is 24.0. The van der Waals surface area contributed by atoms with Crippen LogP contribution in [0.3, 0.4) is 0 Å². The van der Waals surface area contributed by atoms with Gasteiger partial charge in [0.2, 0.25) is 0 Å². The van der Waals surface area contributed by atoms with Gasteiger partial charge in [-0.05, 0) is 54.1 Å². The van der Waals surface area contributed by atoms with Crippen LogP contribution in [0.4, 0.5) is 5.69 Å². The van der Waals surface area contributed by atoms with Gasteiger partial charge in [0.25, 0.3) is 5.91 Å². The molecule has 0 aliphatic carbocycles. The number of carbonyl (C=O) groups is 1. The Bertz CT molecular complexity index is 1420. The maximum absolute atomic E-state index is 12.9. The molecule has 35 heavy (non-hydrogen) atoms. The average molecular weight is 482 g/mol. The molecule has 0 aliphatic rings. The van der Waals surface area contributed by atoms with Gasteiger partial charge in [0.05, 0.1) is 22.3 Å². The smallest absolute Gasteiger partial charge is 0.255 e. The number of amides is 1. The number of pyridine rings is 1. The van der Waals surface area contributed by atoms with E-state index in [2.05, 4.69) is 16.4 Å². The lowest BCUT2D eigenvalue weighted by molar-refractivity contribution is 0.102. The summed E-state index contributed by atoms with van der Waals surface area (Å²) >= 11 is 1.70. The molecule has 5 rings (SSSR count). The Labute approximate surface area is 207 Å². The number of thiazole rings is 1. The number of para-hydroxylation sites is 1. The third kappa shape index (κ3) is 5.47. The second-order valence-electron chi connectivity index (χ2n) is 7.92. The Hall–Kier alpha value is -4.23. The molecule has 0 aliphatic heterocycles. The molecule has 0 saturated heterocycles. The van der Waals surface area contributed by atoms with Gasteiger partial charge in [-0.2, -0.15) is 0 Å². The minimum atomic E-state index is -0.224. The molecule has 1 amide bonds. The van der Waals surface area contributed by atoms with E-state index < -0.39 is 0 Å². The van der Waals surface area contributed by atoms with Crippen molar-refractivity contribution in [2.45, 2.75) is 13.0 Å². The molecular formula is C28H23N3O3S. The van der Waals surface area contributed by atoms with Gasteiger partial charge in [-0.1, -0.05) is 30.3 Å². The second kappa shape index (κ2) is 10.4. The first-order valence-electron chi connectivity index (χ1n) is 11.1. The monoisotopic (exact) mass is 481 g/mol. The quantitative estimate of drug-likeness (QED) is 0.289. The van der Waals surface area contributed by atoms with Crippen LogP contribution >= 0.6 is 11.3 Å². The fourth-order valence-electron chi connectivity index (χ4n) is 3.65. The Morgan fingerprint density at radius 1 is 0.943 bits per heavy atom. The van der Waals surface area contributed by atoms with E-state index in [1.807, 2.05) is 54.6 Å². The van der Waals surface area contributed by atoms with Crippen LogP contribution in [0.1, 0.15) is 26.5 Å². The molecule has 3 aromatic carbocycles. The van der Waals surface area contributed by atoms with Crippen LogP contribution in [0, 0.1) is 0 Å². The van der Waals surface area contributed by atoms with Crippen molar-refractivity contribution < 1.29 is 14.3 Å². The predicted octanol–water partition coefficient (Wildman–Crippen LogP) is 6.12. The van der Waals surface area contributed by atoms with Crippen molar-refractivity contribution in [1.82, 2.24) is 9.97 Å². The summed E-state index contributed by atoms with van der Waals surface area (Å²) in [6, 6.07) is 24.9. The molecule has 7 heteroatoms. The maximum atomic E-state index is 12.9. The highest BCUT2D eigenvalue weighted by atomic mass is 32.1. The van der Waals surface area contributed by atoms with E-state index in [1.165, 1.54) is 4.70 Å². The van der Waals surface area contributed by atoms with E-state index in [4.69, 9.17) is 14.5 Å². The molecule has 0 saturated carbocycles. The zero-order valence-corrected chi connectivity index (χ0v) is 19.9. The van der Waals surface area contributed by atoms with Crippen molar-refractivity contribution in [2.75, 3.05) is 12.4 Å². The first kappa shape index (κ1) is 22.6. The number of ether oxygens (including phenoxy) is 2. The Kier molecular flexibility index (Phi) is 6.68. The van der Waals surface area contributed by atoms with Gasteiger partial charge in [0.1, 0.15) is 6.61 Å². The summed E-state index contributed by atoms with van der Waals surface area (Å²) in [4.78, 5) is 21.7. The molecule has 0 atom stereocenters. The molecule has 0 radical (unpaired) electrons. The molecule has 5 aromatic rings. The van der Waals surface area contributed by atoms with Crippen LogP contribution in [-0.2, 0) is 13.0 Å². The molecule has 0 fully saturated rings. The predicted molar refractivity (Wildman–Crippen MR) is 138 cm³/mol. The number of benzene rings is 3. The number of hydrogen-bond donors (Lipinski definition) is 1. The summed E-state index contributed by atoms with van der Waals surface area (Å²) in [7, 11) is 1.57. The highest BCUT2D eigenvalue weighted by molar-refractivity contribution is 7.18. The lowest BCUT2D eigenvalue weighted by atomic mass is 10.1. The summed E-state index contributed by atoms with van der Waals surface area (Å²) in [5.74, 6) is 0.831. The largest absolute Gasteiger partial charge is 0.493 e. The summed E-state index contributed by atoms with van der Waals surface area (Å²) in [6.45, 7) is 0.325. The standard InChI is InChI=1S/C28H23N3O3S/c1-33-24-13-10-21(16-25(24)34-18-20-5-4-14-29-17-20)28(32)30-22-11-8-19(9-12-22)15-27-31-23-6-2-3-7-26(23)35-27/h2-14,16-17H,15,18H2,1H3,(H,30,32). The number of hydrogen-bond acceptors (Lipinski definition) is 6. The minimum Gasteiger partial charge on any atom is -0.493 e. The van der Waals surface area contributed by atoms with Gasteiger partial charge in [-0.3, -0.25) is 9.78 Å². The number of fused-ring (bicyclic) bond motifs is 1. The normalized spacial score (nSPS) is 10.8. The van der Waals surface area contributed by atoms with E-state index in [-0.39, 0.29) is 5.91 Å². The van der Waals surface area contributed by atoms with Crippen LogP contribution in [0.25, 0.3) is 10.2 Å². The van der Waals surface area contributed by atoms with Crippen LogP contribution < -0.4 is 14.8 Å². The summed E-state index contributed by atoms with van der Waals surface area (Å²) in [6.07, 6.45) is 4.20. The first-order valence-corrected chi connectivity index (χ1v) is 11.9. The average Bonchev–Trinajstić information content (AvgIpc) is 3.31.